The quantitative estimate of drug-likeness (QED) is 0.630. The molecule has 0 heterocycles. The molecule has 0 aromatic heterocycles. The number of hydrogen-bond acceptors (Lipinski definition) is 5. The Morgan fingerprint density at radius 3 is 2.59 bits per heavy atom. The minimum atomic E-state index is -3.74. The van der Waals surface area contributed by atoms with Gasteiger partial charge in [-0.1, -0.05) is 12.1 Å². The predicted octanol–water partition coefficient (Wildman–Crippen LogP) is 2.10. The van der Waals surface area contributed by atoms with Crippen LogP contribution in [-0.2, 0) is 10.0 Å². The summed E-state index contributed by atoms with van der Waals surface area (Å²) in [6.45, 7) is 2.36. The van der Waals surface area contributed by atoms with E-state index in [0.29, 0.717) is 17.9 Å². The van der Waals surface area contributed by atoms with Gasteiger partial charge in [-0.05, 0) is 48.9 Å². The first-order chi connectivity index (χ1) is 10.5. The number of nitrogens with one attached hydrogen (secondary N) is 1. The van der Waals surface area contributed by atoms with Crippen molar-refractivity contribution in [2.45, 2.75) is 11.8 Å². The molecule has 0 fully saturated rings. The Labute approximate surface area is 129 Å². The second-order valence-corrected chi connectivity index (χ2v) is 6.01. The predicted molar refractivity (Wildman–Crippen MR) is 83.6 cm³/mol. The van der Waals surface area contributed by atoms with E-state index in [1.807, 2.05) is 6.92 Å². The molecule has 0 radical (unpaired) electrons. The monoisotopic (exact) mass is 320 g/mol. The van der Waals surface area contributed by atoms with Gasteiger partial charge in [0.25, 0.3) is 10.0 Å². The van der Waals surface area contributed by atoms with E-state index in [9.17, 15) is 13.5 Å². The van der Waals surface area contributed by atoms with Crippen LogP contribution >= 0.6 is 0 Å². The molecule has 2 N–H and O–H groups in total. The second kappa shape index (κ2) is 6.95. The maximum atomic E-state index is 12.0. The summed E-state index contributed by atoms with van der Waals surface area (Å²) < 4.78 is 29.3. The van der Waals surface area contributed by atoms with Crippen LogP contribution < -0.4 is 9.57 Å². The van der Waals surface area contributed by atoms with Gasteiger partial charge in [0.1, 0.15) is 11.5 Å². The highest BCUT2D eigenvalue weighted by molar-refractivity contribution is 7.89. The number of benzene rings is 2. The minimum Gasteiger partial charge on any atom is -0.508 e. The highest BCUT2D eigenvalue weighted by Crippen LogP contribution is 2.15. The first-order valence-electron chi connectivity index (χ1n) is 6.58. The van der Waals surface area contributed by atoms with Crippen molar-refractivity contribution < 1.29 is 18.3 Å². The molecule has 0 amide bonds. The van der Waals surface area contributed by atoms with Gasteiger partial charge in [0, 0.05) is 0 Å². The van der Waals surface area contributed by atoms with Gasteiger partial charge >= 0.3 is 0 Å². The molecule has 0 atom stereocenters. The molecule has 6 nitrogen and oxygen atoms in total. The lowest BCUT2D eigenvalue weighted by Crippen LogP contribution is -2.18. The summed E-state index contributed by atoms with van der Waals surface area (Å²) in [6, 6.07) is 12.4. The summed E-state index contributed by atoms with van der Waals surface area (Å²) in [7, 11) is -3.74. The van der Waals surface area contributed by atoms with Gasteiger partial charge in [-0.15, -0.1) is 0 Å². The fourth-order valence-corrected chi connectivity index (χ4v) is 2.50. The Morgan fingerprint density at radius 2 is 1.95 bits per heavy atom. The highest BCUT2D eigenvalue weighted by atomic mass is 32.2. The first kappa shape index (κ1) is 15.8. The van der Waals surface area contributed by atoms with Gasteiger partial charge < -0.3 is 9.84 Å². The van der Waals surface area contributed by atoms with Gasteiger partial charge in [-0.2, -0.15) is 13.5 Å². The molecule has 0 saturated carbocycles. The Bertz CT molecular complexity index is 755. The Balaban J connectivity index is 2.07. The van der Waals surface area contributed by atoms with E-state index in [-0.39, 0.29) is 10.6 Å². The number of aromatic hydroxyl groups is 1. The summed E-state index contributed by atoms with van der Waals surface area (Å²) in [5, 5.41) is 13.0. The van der Waals surface area contributed by atoms with E-state index in [4.69, 9.17) is 4.74 Å². The maximum absolute atomic E-state index is 12.0. The molecule has 0 aliphatic rings. The minimum absolute atomic E-state index is 0.0818. The lowest BCUT2D eigenvalue weighted by molar-refractivity contribution is 0.340. The van der Waals surface area contributed by atoms with E-state index in [1.54, 1.807) is 24.3 Å². The number of phenols is 1. The lowest BCUT2D eigenvalue weighted by Gasteiger charge is -2.05. The van der Waals surface area contributed by atoms with Crippen LogP contribution in [-0.4, -0.2) is 26.3 Å². The summed E-state index contributed by atoms with van der Waals surface area (Å²) in [5.41, 5.74) is 0.578. The molecule has 7 heteroatoms. The van der Waals surface area contributed by atoms with Gasteiger partial charge in [0.15, 0.2) is 0 Å². The molecule has 0 aliphatic heterocycles. The van der Waals surface area contributed by atoms with Crippen molar-refractivity contribution in [1.82, 2.24) is 4.83 Å². The number of phenolic OH excluding ortho intramolecular Hbond substituents is 1. The van der Waals surface area contributed by atoms with Crippen molar-refractivity contribution >= 4 is 16.2 Å². The summed E-state index contributed by atoms with van der Waals surface area (Å²) >= 11 is 0. The van der Waals surface area contributed by atoms with Crippen LogP contribution in [0, 0.1) is 0 Å². The van der Waals surface area contributed by atoms with Crippen LogP contribution in [0.1, 0.15) is 12.5 Å². The zero-order valence-corrected chi connectivity index (χ0v) is 12.7. The third kappa shape index (κ3) is 4.23. The molecular formula is C15H16N2O4S. The molecule has 2 aromatic rings. The SMILES string of the molecule is CCOc1ccc(S(=O)(=O)N/N=C\c2cccc(O)c2)cc1. The highest BCUT2D eigenvalue weighted by Gasteiger charge is 2.12. The van der Waals surface area contributed by atoms with Crippen LogP contribution in [0.4, 0.5) is 0 Å². The van der Waals surface area contributed by atoms with Crippen LogP contribution in [0.3, 0.4) is 0 Å². The van der Waals surface area contributed by atoms with Crippen molar-refractivity contribution in [3.8, 4) is 11.5 Å². The van der Waals surface area contributed by atoms with E-state index >= 15 is 0 Å². The third-order valence-electron chi connectivity index (χ3n) is 2.70. The number of rotatable bonds is 6. The van der Waals surface area contributed by atoms with Crippen LogP contribution in [0.25, 0.3) is 0 Å². The fourth-order valence-electron chi connectivity index (χ4n) is 1.71. The van der Waals surface area contributed by atoms with E-state index < -0.39 is 10.0 Å². The van der Waals surface area contributed by atoms with Crippen molar-refractivity contribution in [2.75, 3.05) is 6.61 Å². The molecular weight excluding hydrogens is 304 g/mol. The maximum Gasteiger partial charge on any atom is 0.276 e. The van der Waals surface area contributed by atoms with Gasteiger partial charge in [-0.25, -0.2) is 4.83 Å². The van der Waals surface area contributed by atoms with Gasteiger partial charge in [0.05, 0.1) is 17.7 Å². The molecule has 0 unspecified atom stereocenters. The van der Waals surface area contributed by atoms with Crippen LogP contribution in [0.5, 0.6) is 11.5 Å². The van der Waals surface area contributed by atoms with E-state index in [2.05, 4.69) is 9.93 Å². The van der Waals surface area contributed by atoms with Crippen molar-refractivity contribution in [1.29, 1.82) is 0 Å². The van der Waals surface area contributed by atoms with E-state index in [1.165, 1.54) is 30.5 Å². The molecule has 2 aromatic carbocycles. The molecule has 0 aliphatic carbocycles. The second-order valence-electron chi connectivity index (χ2n) is 4.35. The number of ether oxygens (including phenoxy) is 1. The first-order valence-corrected chi connectivity index (χ1v) is 8.06. The van der Waals surface area contributed by atoms with Crippen LogP contribution in [0.15, 0.2) is 58.5 Å². The molecule has 116 valence electrons. The number of hydrogen-bond donors (Lipinski definition) is 2. The molecule has 0 bridgehead atoms. The number of nitrogens with zero attached hydrogens (tertiary/aromatic N) is 1. The standard InChI is InChI=1S/C15H16N2O4S/c1-2-21-14-6-8-15(9-7-14)22(19,20)17-16-11-12-4-3-5-13(18)10-12/h3-11,17-18H,2H2,1H3/b16-11-. The zero-order chi connectivity index (χ0) is 16.0. The molecule has 0 saturated heterocycles. The Kier molecular flexibility index (Phi) is 5.00. The average Bonchev–Trinajstić information content (AvgIpc) is 2.48. The third-order valence-corrected chi connectivity index (χ3v) is 3.94. The van der Waals surface area contributed by atoms with Gasteiger partial charge in [-0.3, -0.25) is 0 Å². The zero-order valence-electron chi connectivity index (χ0n) is 11.9. The number of hydrazone groups is 1. The summed E-state index contributed by atoms with van der Waals surface area (Å²) in [5.74, 6) is 0.683. The summed E-state index contributed by atoms with van der Waals surface area (Å²) in [4.78, 5) is 2.20. The largest absolute Gasteiger partial charge is 0.508 e. The molecule has 0 spiro atoms. The van der Waals surface area contributed by atoms with Gasteiger partial charge in [0.2, 0.25) is 0 Å². The molecule has 22 heavy (non-hydrogen) atoms. The lowest BCUT2D eigenvalue weighted by atomic mass is 10.2. The Hall–Kier alpha value is -2.54. The average molecular weight is 320 g/mol. The number of sulfonamides is 1. The fraction of sp³-hybridized carbons (Fsp3) is 0.133. The normalized spacial score (nSPS) is 11.5. The smallest absolute Gasteiger partial charge is 0.276 e. The Morgan fingerprint density at radius 1 is 1.23 bits per heavy atom. The van der Waals surface area contributed by atoms with E-state index in [0.717, 1.165) is 0 Å². The topological polar surface area (TPSA) is 88.0 Å². The van der Waals surface area contributed by atoms with Crippen molar-refractivity contribution in [3.05, 3.63) is 54.1 Å². The van der Waals surface area contributed by atoms with Crippen molar-refractivity contribution in [3.63, 3.8) is 0 Å². The molecule has 2 rings (SSSR count). The van der Waals surface area contributed by atoms with Crippen LogP contribution in [0.2, 0.25) is 0 Å². The summed E-state index contributed by atoms with van der Waals surface area (Å²) in [6.07, 6.45) is 1.31. The van der Waals surface area contributed by atoms with Crippen molar-refractivity contribution in [2.24, 2.45) is 5.10 Å².